The molecule has 3 amide bonds. The fourth-order valence-electron chi connectivity index (χ4n) is 3.10. The van der Waals surface area contributed by atoms with E-state index in [0.717, 1.165) is 0 Å². The van der Waals surface area contributed by atoms with E-state index in [2.05, 4.69) is 10.6 Å². The molecule has 1 aliphatic rings. The van der Waals surface area contributed by atoms with E-state index >= 15 is 0 Å². The summed E-state index contributed by atoms with van der Waals surface area (Å²) in [5, 5.41) is 5.68. The Kier molecular flexibility index (Phi) is 5.84. The molecule has 1 aliphatic heterocycles. The highest BCUT2D eigenvalue weighted by Crippen LogP contribution is 2.33. The minimum atomic E-state index is -0.511. The first-order valence-electron chi connectivity index (χ1n) is 8.70. The summed E-state index contributed by atoms with van der Waals surface area (Å²) in [6.45, 7) is 1.65. The molecule has 1 atom stereocenters. The van der Waals surface area contributed by atoms with Gasteiger partial charge in [-0.1, -0.05) is 23.7 Å². The standard InChI is InChI=1S/C20H20ClN3O4/c1-12(25)22-14-7-8-16(15(21)10-14)23-20(27)13-9-19(26)24(11-13)17-5-3-4-6-18(17)28-2/h3-8,10,13H,9,11H2,1-2H3,(H,22,25)(H,23,27). The molecule has 1 unspecified atom stereocenters. The highest BCUT2D eigenvalue weighted by atomic mass is 35.5. The average Bonchev–Trinajstić information content (AvgIpc) is 3.05. The molecule has 2 aromatic carbocycles. The van der Waals surface area contributed by atoms with Crippen LogP contribution in [0.4, 0.5) is 17.1 Å². The molecule has 0 saturated carbocycles. The van der Waals surface area contributed by atoms with E-state index in [-0.39, 0.29) is 30.7 Å². The first-order valence-corrected chi connectivity index (χ1v) is 9.08. The Balaban J connectivity index is 1.71. The van der Waals surface area contributed by atoms with Gasteiger partial charge in [-0.25, -0.2) is 0 Å². The molecule has 146 valence electrons. The monoisotopic (exact) mass is 401 g/mol. The molecule has 28 heavy (non-hydrogen) atoms. The lowest BCUT2D eigenvalue weighted by atomic mass is 10.1. The molecule has 7 nitrogen and oxygen atoms in total. The van der Waals surface area contributed by atoms with Crippen molar-refractivity contribution in [1.82, 2.24) is 0 Å². The van der Waals surface area contributed by atoms with E-state index < -0.39 is 5.92 Å². The number of anilines is 3. The normalized spacial score (nSPS) is 16.0. The van der Waals surface area contributed by atoms with Crippen LogP contribution in [0.1, 0.15) is 13.3 Å². The quantitative estimate of drug-likeness (QED) is 0.804. The number of ether oxygens (including phenoxy) is 1. The zero-order valence-corrected chi connectivity index (χ0v) is 16.2. The van der Waals surface area contributed by atoms with Crippen LogP contribution in [0.3, 0.4) is 0 Å². The van der Waals surface area contributed by atoms with Gasteiger partial charge >= 0.3 is 0 Å². The second-order valence-corrected chi connectivity index (χ2v) is 6.85. The maximum Gasteiger partial charge on any atom is 0.229 e. The second-order valence-electron chi connectivity index (χ2n) is 6.44. The summed E-state index contributed by atoms with van der Waals surface area (Å²) >= 11 is 6.20. The number of methoxy groups -OCH3 is 1. The van der Waals surface area contributed by atoms with Crippen molar-refractivity contribution in [3.05, 3.63) is 47.5 Å². The number of carbonyl (C=O) groups is 3. The summed E-state index contributed by atoms with van der Waals surface area (Å²) < 4.78 is 5.31. The lowest BCUT2D eigenvalue weighted by Gasteiger charge is -2.19. The topological polar surface area (TPSA) is 87.7 Å². The summed E-state index contributed by atoms with van der Waals surface area (Å²) in [4.78, 5) is 37.8. The number of hydrogen-bond donors (Lipinski definition) is 2. The number of nitrogens with one attached hydrogen (secondary N) is 2. The Labute approximate surface area is 167 Å². The van der Waals surface area contributed by atoms with E-state index in [1.807, 2.05) is 12.1 Å². The average molecular weight is 402 g/mol. The van der Waals surface area contributed by atoms with Gasteiger partial charge in [0.05, 0.1) is 29.4 Å². The number of amides is 3. The van der Waals surface area contributed by atoms with Crippen molar-refractivity contribution in [1.29, 1.82) is 0 Å². The summed E-state index contributed by atoms with van der Waals surface area (Å²) in [6.07, 6.45) is 0.103. The van der Waals surface area contributed by atoms with Crippen LogP contribution in [0, 0.1) is 5.92 Å². The lowest BCUT2D eigenvalue weighted by Crippen LogP contribution is -2.28. The highest BCUT2D eigenvalue weighted by Gasteiger charge is 2.36. The van der Waals surface area contributed by atoms with Gasteiger partial charge in [0.2, 0.25) is 17.7 Å². The summed E-state index contributed by atoms with van der Waals surface area (Å²) in [5.41, 5.74) is 1.60. The Hall–Kier alpha value is -3.06. The summed E-state index contributed by atoms with van der Waals surface area (Å²) in [7, 11) is 1.54. The van der Waals surface area contributed by atoms with Gasteiger partial charge in [0, 0.05) is 25.6 Å². The molecular weight excluding hydrogens is 382 g/mol. The Morgan fingerprint density at radius 3 is 2.61 bits per heavy atom. The Bertz CT molecular complexity index is 931. The third-order valence-electron chi connectivity index (χ3n) is 4.42. The van der Waals surface area contributed by atoms with Crippen molar-refractivity contribution in [3.63, 3.8) is 0 Å². The van der Waals surface area contributed by atoms with Crippen molar-refractivity contribution in [3.8, 4) is 5.75 Å². The van der Waals surface area contributed by atoms with Gasteiger partial charge < -0.3 is 20.3 Å². The lowest BCUT2D eigenvalue weighted by molar-refractivity contribution is -0.122. The third-order valence-corrected chi connectivity index (χ3v) is 4.73. The van der Waals surface area contributed by atoms with Crippen molar-refractivity contribution in [2.75, 3.05) is 29.2 Å². The fourth-order valence-corrected chi connectivity index (χ4v) is 3.33. The second kappa shape index (κ2) is 8.31. The van der Waals surface area contributed by atoms with Gasteiger partial charge in [0.1, 0.15) is 5.75 Å². The third kappa shape index (κ3) is 4.26. The SMILES string of the molecule is COc1ccccc1N1CC(C(=O)Nc2ccc(NC(C)=O)cc2Cl)CC1=O. The highest BCUT2D eigenvalue weighted by molar-refractivity contribution is 6.34. The molecule has 1 fully saturated rings. The molecular formula is C20H20ClN3O4. The number of rotatable bonds is 5. The van der Waals surface area contributed by atoms with Crippen molar-refractivity contribution in [2.45, 2.75) is 13.3 Å². The van der Waals surface area contributed by atoms with Crippen molar-refractivity contribution < 1.29 is 19.1 Å². The minimum absolute atomic E-state index is 0.103. The molecule has 3 rings (SSSR count). The smallest absolute Gasteiger partial charge is 0.229 e. The van der Waals surface area contributed by atoms with Gasteiger partial charge in [-0.2, -0.15) is 0 Å². The van der Waals surface area contributed by atoms with Crippen molar-refractivity contribution >= 4 is 46.4 Å². The molecule has 2 N–H and O–H groups in total. The summed E-state index contributed by atoms with van der Waals surface area (Å²) in [6, 6.07) is 12.0. The molecule has 2 aromatic rings. The van der Waals surface area contributed by atoms with E-state index in [1.54, 1.807) is 35.2 Å². The zero-order valence-electron chi connectivity index (χ0n) is 15.5. The van der Waals surface area contributed by atoms with Gasteiger partial charge in [-0.15, -0.1) is 0 Å². The molecule has 1 saturated heterocycles. The minimum Gasteiger partial charge on any atom is -0.495 e. The molecule has 8 heteroatoms. The molecule has 0 spiro atoms. The van der Waals surface area contributed by atoms with Crippen molar-refractivity contribution in [2.24, 2.45) is 5.92 Å². The largest absolute Gasteiger partial charge is 0.495 e. The zero-order chi connectivity index (χ0) is 20.3. The summed E-state index contributed by atoms with van der Waals surface area (Å²) in [5.74, 6) is -0.581. The van der Waals surface area contributed by atoms with Crippen LogP contribution in [0.25, 0.3) is 0 Å². The first-order chi connectivity index (χ1) is 13.4. The van der Waals surface area contributed by atoms with E-state index in [4.69, 9.17) is 16.3 Å². The number of hydrogen-bond acceptors (Lipinski definition) is 4. The maximum absolute atomic E-state index is 12.7. The number of carbonyl (C=O) groups excluding carboxylic acids is 3. The predicted octanol–water partition coefficient (Wildman–Crippen LogP) is 3.30. The van der Waals surface area contributed by atoms with Gasteiger partial charge in [-0.05, 0) is 30.3 Å². The van der Waals surface area contributed by atoms with Gasteiger partial charge in [0.15, 0.2) is 0 Å². The molecule has 0 radical (unpaired) electrons. The van der Waals surface area contributed by atoms with Gasteiger partial charge in [-0.3, -0.25) is 14.4 Å². The van der Waals surface area contributed by atoms with Crippen LogP contribution in [0.5, 0.6) is 5.75 Å². The number of halogens is 1. The first kappa shape index (κ1) is 19.7. The van der Waals surface area contributed by atoms with Gasteiger partial charge in [0.25, 0.3) is 0 Å². The van der Waals surface area contributed by atoms with Crippen LogP contribution in [0.2, 0.25) is 5.02 Å². The van der Waals surface area contributed by atoms with E-state index in [1.165, 1.54) is 14.0 Å². The fraction of sp³-hybridized carbons (Fsp3) is 0.250. The molecule has 1 heterocycles. The van der Waals surface area contributed by atoms with E-state index in [0.29, 0.717) is 27.8 Å². The number of nitrogens with zero attached hydrogens (tertiary/aromatic N) is 1. The Morgan fingerprint density at radius 2 is 1.93 bits per heavy atom. The number of benzene rings is 2. The molecule has 0 bridgehead atoms. The van der Waals surface area contributed by atoms with Crippen LogP contribution in [0.15, 0.2) is 42.5 Å². The Morgan fingerprint density at radius 1 is 1.18 bits per heavy atom. The number of para-hydroxylation sites is 2. The molecule has 0 aromatic heterocycles. The van der Waals surface area contributed by atoms with Crippen LogP contribution in [-0.2, 0) is 14.4 Å². The predicted molar refractivity (Wildman–Crippen MR) is 108 cm³/mol. The van der Waals surface area contributed by atoms with E-state index in [9.17, 15) is 14.4 Å². The van der Waals surface area contributed by atoms with Crippen LogP contribution in [-0.4, -0.2) is 31.4 Å². The maximum atomic E-state index is 12.7. The van der Waals surface area contributed by atoms with Crippen LogP contribution < -0.4 is 20.3 Å². The van der Waals surface area contributed by atoms with Crippen LogP contribution >= 0.6 is 11.6 Å². The molecule has 0 aliphatic carbocycles.